The third kappa shape index (κ3) is 2.85. The summed E-state index contributed by atoms with van der Waals surface area (Å²) in [6.07, 6.45) is -6.44. The molecule has 0 spiro atoms. The zero-order chi connectivity index (χ0) is 22.1. The molecule has 0 aliphatic heterocycles. The van der Waals surface area contributed by atoms with Gasteiger partial charge in [-0.05, 0) is 20.8 Å². The molecule has 0 bridgehead atoms. The van der Waals surface area contributed by atoms with E-state index in [2.05, 4.69) is 4.74 Å². The van der Waals surface area contributed by atoms with Crippen LogP contribution in [-0.4, -0.2) is 58.1 Å². The molecule has 1 atom stereocenters. The Morgan fingerprint density at radius 2 is 1.07 bits per heavy atom. The number of aliphatic hydroxyl groups is 1. The van der Waals surface area contributed by atoms with Crippen molar-refractivity contribution in [3.05, 3.63) is 0 Å². The fourth-order valence-electron chi connectivity index (χ4n) is 2.26. The summed E-state index contributed by atoms with van der Waals surface area (Å²) in [7, 11) is 0. The van der Waals surface area contributed by atoms with Crippen LogP contribution in [0.2, 0.25) is 0 Å². The van der Waals surface area contributed by atoms with Crippen molar-refractivity contribution in [2.45, 2.75) is 74.2 Å². The van der Waals surface area contributed by atoms with Crippen molar-refractivity contribution in [1.82, 2.24) is 0 Å². The zero-order valence-electron chi connectivity index (χ0n) is 13.7. The Morgan fingerprint density at radius 1 is 0.778 bits per heavy atom. The van der Waals surface area contributed by atoms with E-state index < -0.39 is 59.4 Å². The number of halogens is 11. The molecule has 0 amide bonds. The molecule has 3 nitrogen and oxygen atoms in total. The quantitative estimate of drug-likeness (QED) is 0.549. The van der Waals surface area contributed by atoms with Gasteiger partial charge in [0.1, 0.15) is 5.60 Å². The van der Waals surface area contributed by atoms with Crippen molar-refractivity contribution in [2.24, 2.45) is 0 Å². The minimum Gasteiger partial charge on any atom is -0.458 e. The van der Waals surface area contributed by atoms with Crippen molar-refractivity contribution < 1.29 is 62.9 Å². The molecule has 0 aromatic heterocycles. The molecule has 1 aliphatic carbocycles. The molecule has 0 aromatic carbocycles. The third-order valence-corrected chi connectivity index (χ3v) is 3.73. The predicted molar refractivity (Wildman–Crippen MR) is 65.0 cm³/mol. The number of carbonyl (C=O) groups is 1. The van der Waals surface area contributed by atoms with Gasteiger partial charge in [0.25, 0.3) is 5.67 Å². The molecule has 1 rings (SSSR count). The van der Waals surface area contributed by atoms with Crippen molar-refractivity contribution >= 4 is 5.97 Å². The van der Waals surface area contributed by atoms with E-state index in [0.717, 1.165) is 20.8 Å². The summed E-state index contributed by atoms with van der Waals surface area (Å²) in [6.45, 7) is 3.32. The van der Waals surface area contributed by atoms with Gasteiger partial charge in [0.05, 0.1) is 0 Å². The van der Waals surface area contributed by atoms with E-state index in [1.165, 1.54) is 0 Å². The Balaban J connectivity index is 3.52. The van der Waals surface area contributed by atoms with Gasteiger partial charge in [-0.3, -0.25) is 0 Å². The first-order chi connectivity index (χ1) is 11.5. The standard InChI is InChI=1S/C13H13F11O3/c1-7(2,3)27-6(26)5(25)4-8(14)9(15,16)11(19,20)13(23,24)12(21,22)10(8,17)18/h5,25H,4H2,1-3H3. The van der Waals surface area contributed by atoms with Gasteiger partial charge in [-0.1, -0.05) is 0 Å². The first kappa shape index (κ1) is 23.7. The smallest absolute Gasteiger partial charge is 0.384 e. The second-order valence-corrected chi connectivity index (χ2v) is 6.93. The molecule has 1 fully saturated rings. The van der Waals surface area contributed by atoms with Crippen LogP contribution >= 0.6 is 0 Å². The van der Waals surface area contributed by atoms with Crippen LogP contribution in [0.3, 0.4) is 0 Å². The van der Waals surface area contributed by atoms with E-state index >= 15 is 0 Å². The molecular formula is C13H13F11O3. The van der Waals surface area contributed by atoms with Gasteiger partial charge in [-0.15, -0.1) is 0 Å². The summed E-state index contributed by atoms with van der Waals surface area (Å²) in [5.74, 6) is -38.2. The van der Waals surface area contributed by atoms with E-state index in [4.69, 9.17) is 0 Å². The molecule has 1 N–H and O–H groups in total. The highest BCUT2D eigenvalue weighted by molar-refractivity contribution is 5.75. The maximum Gasteiger partial charge on any atom is 0.384 e. The average molecular weight is 426 g/mol. The molecule has 1 saturated carbocycles. The van der Waals surface area contributed by atoms with Crippen molar-refractivity contribution in [2.75, 3.05) is 0 Å². The topological polar surface area (TPSA) is 46.5 Å². The lowest BCUT2D eigenvalue weighted by molar-refractivity contribution is -0.486. The molecule has 0 radical (unpaired) electrons. The zero-order valence-corrected chi connectivity index (χ0v) is 13.7. The Hall–Kier alpha value is -1.34. The first-order valence-corrected chi connectivity index (χ1v) is 7.00. The van der Waals surface area contributed by atoms with Crippen LogP contribution in [0, 0.1) is 0 Å². The second kappa shape index (κ2) is 5.83. The summed E-state index contributed by atoms with van der Waals surface area (Å²) >= 11 is 0. The molecule has 0 aromatic rings. The first-order valence-electron chi connectivity index (χ1n) is 7.00. The summed E-state index contributed by atoms with van der Waals surface area (Å²) in [5, 5.41) is 9.27. The Bertz CT molecular complexity index is 579. The SMILES string of the molecule is CC(C)(C)OC(=O)C(O)CC1(F)C(F)(F)C(F)(F)C(F)(F)C(F)(F)C1(F)F. The van der Waals surface area contributed by atoms with E-state index in [9.17, 15) is 58.2 Å². The Morgan fingerprint density at radius 3 is 1.37 bits per heavy atom. The number of ether oxygens (including phenoxy) is 1. The number of esters is 1. The lowest BCUT2D eigenvalue weighted by Gasteiger charge is -2.52. The largest absolute Gasteiger partial charge is 0.458 e. The molecule has 1 aliphatic rings. The number of alkyl halides is 11. The minimum atomic E-state index is -7.35. The number of carbonyl (C=O) groups excluding carboxylic acids is 1. The van der Waals surface area contributed by atoms with Gasteiger partial charge >= 0.3 is 35.6 Å². The summed E-state index contributed by atoms with van der Waals surface area (Å²) in [6, 6.07) is 0. The molecule has 1 unspecified atom stereocenters. The third-order valence-electron chi connectivity index (χ3n) is 3.73. The molecule has 160 valence electrons. The number of aliphatic hydroxyl groups excluding tert-OH is 1. The van der Waals surface area contributed by atoms with Crippen LogP contribution < -0.4 is 0 Å². The van der Waals surface area contributed by atoms with Crippen LogP contribution in [-0.2, 0) is 9.53 Å². The van der Waals surface area contributed by atoms with E-state index in [1.54, 1.807) is 0 Å². The summed E-state index contributed by atoms with van der Waals surface area (Å²) in [4.78, 5) is 11.4. The summed E-state index contributed by atoms with van der Waals surface area (Å²) < 4.78 is 152. The van der Waals surface area contributed by atoms with Gasteiger partial charge in [-0.2, -0.15) is 43.9 Å². The van der Waals surface area contributed by atoms with Gasteiger partial charge < -0.3 is 9.84 Å². The monoisotopic (exact) mass is 426 g/mol. The highest BCUT2D eigenvalue weighted by Crippen LogP contribution is 2.70. The van der Waals surface area contributed by atoms with Gasteiger partial charge in [0, 0.05) is 6.42 Å². The van der Waals surface area contributed by atoms with E-state index in [1.807, 2.05) is 0 Å². The van der Waals surface area contributed by atoms with Crippen LogP contribution in [0.4, 0.5) is 48.3 Å². The molecule has 27 heavy (non-hydrogen) atoms. The molecule has 14 heteroatoms. The maximum absolute atomic E-state index is 14.3. The van der Waals surface area contributed by atoms with Gasteiger partial charge in [0.15, 0.2) is 6.10 Å². The molecule has 0 saturated heterocycles. The predicted octanol–water partition coefficient (Wildman–Crippen LogP) is 3.98. The average Bonchev–Trinajstić information content (AvgIpc) is 2.42. The number of hydrogen-bond donors (Lipinski definition) is 1. The lowest BCUT2D eigenvalue weighted by atomic mass is 9.70. The van der Waals surface area contributed by atoms with Crippen LogP contribution in [0.25, 0.3) is 0 Å². The highest BCUT2D eigenvalue weighted by Gasteiger charge is 3.00. The van der Waals surface area contributed by atoms with E-state index in [0.29, 0.717) is 0 Å². The maximum atomic E-state index is 14.3. The van der Waals surface area contributed by atoms with Crippen LogP contribution in [0.15, 0.2) is 0 Å². The second-order valence-electron chi connectivity index (χ2n) is 6.93. The molecular weight excluding hydrogens is 413 g/mol. The van der Waals surface area contributed by atoms with Gasteiger partial charge in [-0.25, -0.2) is 9.18 Å². The Labute approximate surface area is 144 Å². The highest BCUT2D eigenvalue weighted by atomic mass is 19.4. The molecule has 0 heterocycles. The fourth-order valence-corrected chi connectivity index (χ4v) is 2.26. The number of rotatable bonds is 3. The minimum absolute atomic E-state index is 1.11. The van der Waals surface area contributed by atoms with Crippen LogP contribution in [0.5, 0.6) is 0 Å². The van der Waals surface area contributed by atoms with Crippen molar-refractivity contribution in [3.8, 4) is 0 Å². The fraction of sp³-hybridized carbons (Fsp3) is 0.923. The Kier molecular flexibility index (Phi) is 5.12. The van der Waals surface area contributed by atoms with E-state index in [-0.39, 0.29) is 0 Å². The van der Waals surface area contributed by atoms with Crippen molar-refractivity contribution in [1.29, 1.82) is 0 Å². The van der Waals surface area contributed by atoms with Crippen molar-refractivity contribution in [3.63, 3.8) is 0 Å². The number of hydrogen-bond acceptors (Lipinski definition) is 3. The van der Waals surface area contributed by atoms with Crippen LogP contribution in [0.1, 0.15) is 27.2 Å². The normalized spacial score (nSPS) is 28.3. The summed E-state index contributed by atoms with van der Waals surface area (Å²) in [5.41, 5.74) is -7.94. The van der Waals surface area contributed by atoms with Gasteiger partial charge in [0.2, 0.25) is 0 Å². The lowest BCUT2D eigenvalue weighted by Crippen LogP contribution is -2.84.